The predicted molar refractivity (Wildman–Crippen MR) is 64.3 cm³/mol. The minimum absolute atomic E-state index is 0.142. The average Bonchev–Trinajstić information content (AvgIpc) is 2.40. The first kappa shape index (κ1) is 12.3. The van der Waals surface area contributed by atoms with Crippen LogP contribution in [-0.4, -0.2) is 45.9 Å². The third kappa shape index (κ3) is 2.96. The fourth-order valence-electron chi connectivity index (χ4n) is 3.13. The SMILES string of the molecule is CC1(O)CCCN(C2CCCCC2O)CC1. The van der Waals surface area contributed by atoms with E-state index < -0.39 is 5.60 Å². The fraction of sp³-hybridized carbons (Fsp3) is 1.00. The molecule has 0 aromatic carbocycles. The van der Waals surface area contributed by atoms with Crippen molar-refractivity contribution in [3.63, 3.8) is 0 Å². The standard InChI is InChI=1S/C13H25NO2/c1-13(16)7-4-9-14(10-8-13)11-5-2-3-6-12(11)15/h11-12,15-16H,2-10H2,1H3. The Morgan fingerprint density at radius 2 is 1.81 bits per heavy atom. The molecular formula is C13H25NO2. The highest BCUT2D eigenvalue weighted by Crippen LogP contribution is 2.28. The van der Waals surface area contributed by atoms with E-state index in [2.05, 4.69) is 4.90 Å². The molecule has 1 aliphatic carbocycles. The second-order valence-corrected chi connectivity index (χ2v) is 5.81. The van der Waals surface area contributed by atoms with Gasteiger partial charge in [-0.3, -0.25) is 4.90 Å². The first-order valence-corrected chi connectivity index (χ1v) is 6.73. The van der Waals surface area contributed by atoms with Crippen LogP contribution < -0.4 is 0 Å². The molecule has 94 valence electrons. The summed E-state index contributed by atoms with van der Waals surface area (Å²) in [6.07, 6.45) is 7.15. The minimum atomic E-state index is -0.492. The quantitative estimate of drug-likeness (QED) is 0.714. The Bertz CT molecular complexity index is 230. The first-order chi connectivity index (χ1) is 7.58. The van der Waals surface area contributed by atoms with Gasteiger partial charge in [0.2, 0.25) is 0 Å². The van der Waals surface area contributed by atoms with E-state index in [1.54, 1.807) is 0 Å². The van der Waals surface area contributed by atoms with Gasteiger partial charge in [-0.15, -0.1) is 0 Å². The number of aliphatic hydroxyl groups is 2. The Hall–Kier alpha value is -0.120. The lowest BCUT2D eigenvalue weighted by molar-refractivity contribution is 0.0114. The summed E-state index contributed by atoms with van der Waals surface area (Å²) in [6, 6.07) is 0.350. The van der Waals surface area contributed by atoms with Crippen molar-refractivity contribution in [2.24, 2.45) is 0 Å². The maximum absolute atomic E-state index is 10.0. The summed E-state index contributed by atoms with van der Waals surface area (Å²) >= 11 is 0. The van der Waals surface area contributed by atoms with Crippen LogP contribution in [-0.2, 0) is 0 Å². The van der Waals surface area contributed by atoms with Crippen molar-refractivity contribution in [2.75, 3.05) is 13.1 Å². The van der Waals surface area contributed by atoms with E-state index in [4.69, 9.17) is 0 Å². The van der Waals surface area contributed by atoms with Crippen LogP contribution in [0.15, 0.2) is 0 Å². The zero-order valence-electron chi connectivity index (χ0n) is 10.4. The lowest BCUT2D eigenvalue weighted by Gasteiger charge is -2.37. The number of hydrogen-bond acceptors (Lipinski definition) is 3. The summed E-state index contributed by atoms with van der Waals surface area (Å²) < 4.78 is 0. The van der Waals surface area contributed by atoms with Gasteiger partial charge in [-0.2, -0.15) is 0 Å². The second-order valence-electron chi connectivity index (χ2n) is 5.81. The Kier molecular flexibility index (Phi) is 3.88. The third-order valence-electron chi connectivity index (χ3n) is 4.26. The first-order valence-electron chi connectivity index (χ1n) is 6.73. The maximum atomic E-state index is 10.0. The molecule has 3 atom stereocenters. The molecule has 3 nitrogen and oxygen atoms in total. The smallest absolute Gasteiger partial charge is 0.0695 e. The molecule has 3 unspecified atom stereocenters. The summed E-state index contributed by atoms with van der Waals surface area (Å²) in [5.41, 5.74) is -0.492. The fourth-order valence-corrected chi connectivity index (χ4v) is 3.13. The molecule has 2 fully saturated rings. The molecule has 0 bridgehead atoms. The highest BCUT2D eigenvalue weighted by atomic mass is 16.3. The average molecular weight is 227 g/mol. The van der Waals surface area contributed by atoms with Gasteiger partial charge in [0.1, 0.15) is 0 Å². The molecule has 16 heavy (non-hydrogen) atoms. The molecule has 3 heteroatoms. The van der Waals surface area contributed by atoms with E-state index in [1.807, 2.05) is 6.92 Å². The number of aliphatic hydroxyl groups excluding tert-OH is 1. The molecule has 0 spiro atoms. The lowest BCUT2D eigenvalue weighted by atomic mass is 9.91. The van der Waals surface area contributed by atoms with Crippen molar-refractivity contribution < 1.29 is 10.2 Å². The zero-order chi connectivity index (χ0) is 11.6. The van der Waals surface area contributed by atoms with Gasteiger partial charge >= 0.3 is 0 Å². The Morgan fingerprint density at radius 1 is 1.06 bits per heavy atom. The molecule has 2 N–H and O–H groups in total. The van der Waals surface area contributed by atoms with Crippen LogP contribution in [0, 0.1) is 0 Å². The van der Waals surface area contributed by atoms with Crippen molar-refractivity contribution in [1.82, 2.24) is 4.90 Å². The molecule has 0 aromatic rings. The normalized spacial score (nSPS) is 42.9. The molecule has 1 aliphatic heterocycles. The van der Waals surface area contributed by atoms with Gasteiger partial charge in [0.05, 0.1) is 11.7 Å². The van der Waals surface area contributed by atoms with Gasteiger partial charge in [-0.05, 0) is 45.6 Å². The van der Waals surface area contributed by atoms with Crippen LogP contribution in [0.25, 0.3) is 0 Å². The molecule has 1 saturated heterocycles. The maximum Gasteiger partial charge on any atom is 0.0695 e. The Morgan fingerprint density at radius 3 is 2.56 bits per heavy atom. The van der Waals surface area contributed by atoms with E-state index in [9.17, 15) is 10.2 Å². The van der Waals surface area contributed by atoms with Crippen LogP contribution in [0.5, 0.6) is 0 Å². The van der Waals surface area contributed by atoms with Gasteiger partial charge < -0.3 is 10.2 Å². The number of likely N-dealkylation sites (tertiary alicyclic amines) is 1. The van der Waals surface area contributed by atoms with E-state index >= 15 is 0 Å². The minimum Gasteiger partial charge on any atom is -0.391 e. The summed E-state index contributed by atoms with van der Waals surface area (Å²) in [7, 11) is 0. The largest absolute Gasteiger partial charge is 0.391 e. The van der Waals surface area contributed by atoms with Crippen LogP contribution in [0.1, 0.15) is 51.9 Å². The number of hydrogen-bond donors (Lipinski definition) is 2. The van der Waals surface area contributed by atoms with Gasteiger partial charge in [0.25, 0.3) is 0 Å². The van der Waals surface area contributed by atoms with Crippen molar-refractivity contribution in [3.05, 3.63) is 0 Å². The van der Waals surface area contributed by atoms with Crippen molar-refractivity contribution >= 4 is 0 Å². The highest BCUT2D eigenvalue weighted by Gasteiger charge is 2.32. The number of rotatable bonds is 1. The zero-order valence-corrected chi connectivity index (χ0v) is 10.4. The lowest BCUT2D eigenvalue weighted by Crippen LogP contribution is -2.46. The van der Waals surface area contributed by atoms with Gasteiger partial charge in [0.15, 0.2) is 0 Å². The summed E-state index contributed by atoms with van der Waals surface area (Å²) in [4.78, 5) is 2.41. The Labute approximate surface area is 98.5 Å². The number of nitrogens with zero attached hydrogens (tertiary/aromatic N) is 1. The molecule has 0 aromatic heterocycles. The van der Waals surface area contributed by atoms with E-state index in [-0.39, 0.29) is 6.10 Å². The van der Waals surface area contributed by atoms with Gasteiger partial charge in [-0.1, -0.05) is 12.8 Å². The van der Waals surface area contributed by atoms with E-state index in [0.717, 1.165) is 45.2 Å². The van der Waals surface area contributed by atoms with E-state index in [1.165, 1.54) is 12.8 Å². The molecule has 0 radical (unpaired) electrons. The van der Waals surface area contributed by atoms with Crippen LogP contribution in [0.2, 0.25) is 0 Å². The van der Waals surface area contributed by atoms with E-state index in [0.29, 0.717) is 6.04 Å². The van der Waals surface area contributed by atoms with Crippen LogP contribution in [0.4, 0.5) is 0 Å². The van der Waals surface area contributed by atoms with Crippen LogP contribution >= 0.6 is 0 Å². The van der Waals surface area contributed by atoms with Crippen molar-refractivity contribution in [3.8, 4) is 0 Å². The predicted octanol–water partition coefficient (Wildman–Crippen LogP) is 1.53. The Balaban J connectivity index is 1.93. The summed E-state index contributed by atoms with van der Waals surface area (Å²) in [6.45, 7) is 3.92. The summed E-state index contributed by atoms with van der Waals surface area (Å²) in [5.74, 6) is 0. The molecule has 1 heterocycles. The van der Waals surface area contributed by atoms with Crippen LogP contribution in [0.3, 0.4) is 0 Å². The monoisotopic (exact) mass is 227 g/mol. The van der Waals surface area contributed by atoms with Gasteiger partial charge in [-0.25, -0.2) is 0 Å². The van der Waals surface area contributed by atoms with Crippen molar-refractivity contribution in [2.45, 2.75) is 69.6 Å². The molecule has 0 amide bonds. The van der Waals surface area contributed by atoms with Crippen molar-refractivity contribution in [1.29, 1.82) is 0 Å². The second kappa shape index (κ2) is 5.03. The third-order valence-corrected chi connectivity index (χ3v) is 4.26. The topological polar surface area (TPSA) is 43.7 Å². The molecule has 2 rings (SSSR count). The molecular weight excluding hydrogens is 202 g/mol. The van der Waals surface area contributed by atoms with Gasteiger partial charge in [0, 0.05) is 12.6 Å². The molecule has 1 saturated carbocycles. The molecule has 2 aliphatic rings. The highest BCUT2D eigenvalue weighted by molar-refractivity contribution is 4.87. The summed E-state index contributed by atoms with van der Waals surface area (Å²) in [5, 5.41) is 20.1.